The average Bonchev–Trinajstić information content (AvgIpc) is 2.03. The fourth-order valence-electron chi connectivity index (χ4n) is 0.836. The van der Waals surface area contributed by atoms with Gasteiger partial charge in [-0.1, -0.05) is 13.8 Å². The Kier molecular flexibility index (Phi) is 2.66. The van der Waals surface area contributed by atoms with E-state index in [1.54, 1.807) is 6.07 Å². The van der Waals surface area contributed by atoms with Crippen LogP contribution in [-0.2, 0) is 9.84 Å². The number of nitrogens with zero attached hydrogens (tertiary/aromatic N) is 2. The van der Waals surface area contributed by atoms with Gasteiger partial charge in [-0.05, 0) is 18.1 Å². The van der Waals surface area contributed by atoms with Crippen molar-refractivity contribution in [2.45, 2.75) is 24.8 Å². The molecule has 0 N–H and O–H groups in total. The van der Waals surface area contributed by atoms with Crippen molar-refractivity contribution in [2.75, 3.05) is 6.26 Å². The molecule has 13 heavy (non-hydrogen) atoms. The molecular formula is C8H12N2O2S. The highest BCUT2D eigenvalue weighted by Gasteiger charge is 2.09. The van der Waals surface area contributed by atoms with E-state index in [1.165, 1.54) is 6.07 Å². The summed E-state index contributed by atoms with van der Waals surface area (Å²) in [4.78, 5) is 0. The summed E-state index contributed by atoms with van der Waals surface area (Å²) >= 11 is 0. The smallest absolute Gasteiger partial charge is 0.194 e. The molecule has 1 heterocycles. The van der Waals surface area contributed by atoms with Crippen LogP contribution < -0.4 is 0 Å². The van der Waals surface area contributed by atoms with Gasteiger partial charge in [0, 0.05) is 6.26 Å². The molecule has 4 nitrogen and oxygen atoms in total. The van der Waals surface area contributed by atoms with Crippen molar-refractivity contribution in [1.82, 2.24) is 10.2 Å². The molecule has 0 fully saturated rings. The number of sulfone groups is 1. The highest BCUT2D eigenvalue weighted by atomic mass is 32.2. The van der Waals surface area contributed by atoms with Crippen LogP contribution in [0.4, 0.5) is 0 Å². The fourth-order valence-corrected chi connectivity index (χ4v) is 1.34. The third-order valence-electron chi connectivity index (χ3n) is 1.63. The van der Waals surface area contributed by atoms with Gasteiger partial charge >= 0.3 is 0 Å². The Hall–Kier alpha value is -0.970. The van der Waals surface area contributed by atoms with Crippen LogP contribution in [0.25, 0.3) is 0 Å². The molecule has 0 atom stereocenters. The predicted octanol–water partition coefficient (Wildman–Crippen LogP) is 1.00. The molecular weight excluding hydrogens is 188 g/mol. The topological polar surface area (TPSA) is 59.9 Å². The van der Waals surface area contributed by atoms with Gasteiger partial charge in [-0.2, -0.15) is 5.10 Å². The van der Waals surface area contributed by atoms with Crippen molar-refractivity contribution in [3.63, 3.8) is 0 Å². The van der Waals surface area contributed by atoms with E-state index in [0.717, 1.165) is 11.9 Å². The summed E-state index contributed by atoms with van der Waals surface area (Å²) in [6.07, 6.45) is 1.12. The van der Waals surface area contributed by atoms with E-state index in [0.29, 0.717) is 0 Å². The van der Waals surface area contributed by atoms with E-state index >= 15 is 0 Å². The van der Waals surface area contributed by atoms with E-state index in [9.17, 15) is 8.42 Å². The minimum absolute atomic E-state index is 0.0249. The van der Waals surface area contributed by atoms with Gasteiger partial charge in [-0.15, -0.1) is 5.10 Å². The Balaban J connectivity index is 3.08. The lowest BCUT2D eigenvalue weighted by Gasteiger charge is -2.02. The Bertz CT molecular complexity index is 381. The van der Waals surface area contributed by atoms with Gasteiger partial charge in [0.2, 0.25) is 0 Å². The zero-order chi connectivity index (χ0) is 10.1. The average molecular weight is 200 g/mol. The zero-order valence-corrected chi connectivity index (χ0v) is 8.67. The molecule has 1 rings (SSSR count). The first-order valence-corrected chi connectivity index (χ1v) is 5.84. The summed E-state index contributed by atoms with van der Waals surface area (Å²) in [6.45, 7) is 3.95. The quantitative estimate of drug-likeness (QED) is 0.714. The standard InChI is InChI=1S/C8H12N2O2S/c1-6(2)7-4-5-8(10-9-7)13(3,11)12/h4-6H,1-3H3. The summed E-state index contributed by atoms with van der Waals surface area (Å²) in [5.41, 5.74) is 0.799. The highest BCUT2D eigenvalue weighted by Crippen LogP contribution is 2.11. The van der Waals surface area contributed by atoms with Gasteiger partial charge in [-0.25, -0.2) is 8.42 Å². The minimum Gasteiger partial charge on any atom is -0.222 e. The van der Waals surface area contributed by atoms with Crippen LogP contribution in [-0.4, -0.2) is 24.9 Å². The maximum atomic E-state index is 11.0. The third kappa shape index (κ3) is 2.48. The lowest BCUT2D eigenvalue weighted by atomic mass is 10.1. The second-order valence-corrected chi connectivity index (χ2v) is 5.19. The molecule has 0 aliphatic carbocycles. The molecule has 0 aliphatic rings. The van der Waals surface area contributed by atoms with Crippen molar-refractivity contribution in [1.29, 1.82) is 0 Å². The summed E-state index contributed by atoms with van der Waals surface area (Å²) in [5, 5.41) is 7.47. The van der Waals surface area contributed by atoms with Crippen LogP contribution in [0, 0.1) is 0 Å². The molecule has 5 heteroatoms. The van der Waals surface area contributed by atoms with Crippen LogP contribution in [0.1, 0.15) is 25.5 Å². The van der Waals surface area contributed by atoms with Crippen LogP contribution >= 0.6 is 0 Å². The van der Waals surface area contributed by atoms with Crippen LogP contribution in [0.5, 0.6) is 0 Å². The summed E-state index contributed by atoms with van der Waals surface area (Å²) in [6, 6.07) is 3.17. The Morgan fingerprint density at radius 1 is 1.23 bits per heavy atom. The van der Waals surface area contributed by atoms with Gasteiger partial charge in [0.15, 0.2) is 14.9 Å². The molecule has 72 valence electrons. The minimum atomic E-state index is -3.22. The fraction of sp³-hybridized carbons (Fsp3) is 0.500. The largest absolute Gasteiger partial charge is 0.222 e. The van der Waals surface area contributed by atoms with E-state index in [-0.39, 0.29) is 10.9 Å². The highest BCUT2D eigenvalue weighted by molar-refractivity contribution is 7.90. The number of rotatable bonds is 2. The SMILES string of the molecule is CC(C)c1ccc(S(C)(=O)=O)nn1. The maximum absolute atomic E-state index is 11.0. The van der Waals surface area contributed by atoms with Gasteiger partial charge in [-0.3, -0.25) is 0 Å². The number of hydrogen-bond donors (Lipinski definition) is 0. The Morgan fingerprint density at radius 3 is 2.15 bits per heavy atom. The van der Waals surface area contributed by atoms with E-state index in [1.807, 2.05) is 13.8 Å². The third-order valence-corrected chi connectivity index (χ3v) is 2.61. The second kappa shape index (κ2) is 3.41. The van der Waals surface area contributed by atoms with Crippen molar-refractivity contribution in [3.05, 3.63) is 17.8 Å². The first-order chi connectivity index (χ1) is 5.91. The molecule has 0 bridgehead atoms. The Labute approximate surface area is 77.9 Å². The summed E-state index contributed by atoms with van der Waals surface area (Å²) < 4.78 is 22.0. The number of hydrogen-bond acceptors (Lipinski definition) is 4. The monoisotopic (exact) mass is 200 g/mol. The van der Waals surface area contributed by atoms with Gasteiger partial charge in [0.25, 0.3) is 0 Å². The van der Waals surface area contributed by atoms with Gasteiger partial charge < -0.3 is 0 Å². The second-order valence-electron chi connectivity index (χ2n) is 3.22. The van der Waals surface area contributed by atoms with Crippen LogP contribution in [0.3, 0.4) is 0 Å². The predicted molar refractivity (Wildman–Crippen MR) is 49.2 cm³/mol. The summed E-state index contributed by atoms with van der Waals surface area (Å²) in [7, 11) is -3.22. The normalized spacial score (nSPS) is 12.0. The van der Waals surface area contributed by atoms with Gasteiger partial charge in [0.05, 0.1) is 5.69 Å². The first kappa shape index (κ1) is 10.1. The Morgan fingerprint density at radius 2 is 1.85 bits per heavy atom. The van der Waals surface area contributed by atoms with E-state index in [2.05, 4.69) is 10.2 Å². The molecule has 0 aromatic carbocycles. The van der Waals surface area contributed by atoms with Crippen molar-refractivity contribution < 1.29 is 8.42 Å². The molecule has 0 aliphatic heterocycles. The maximum Gasteiger partial charge on any atom is 0.194 e. The van der Waals surface area contributed by atoms with Crippen molar-refractivity contribution >= 4 is 9.84 Å². The van der Waals surface area contributed by atoms with Crippen molar-refractivity contribution in [2.24, 2.45) is 0 Å². The molecule has 1 aromatic rings. The molecule has 0 saturated heterocycles. The van der Waals surface area contributed by atoms with Gasteiger partial charge in [0.1, 0.15) is 0 Å². The summed E-state index contributed by atoms with van der Waals surface area (Å²) in [5.74, 6) is 0.265. The molecule has 0 radical (unpaired) electrons. The lowest BCUT2D eigenvalue weighted by molar-refractivity contribution is 0.594. The van der Waals surface area contributed by atoms with E-state index in [4.69, 9.17) is 0 Å². The lowest BCUT2D eigenvalue weighted by Crippen LogP contribution is -2.04. The molecule has 0 amide bonds. The zero-order valence-electron chi connectivity index (χ0n) is 7.85. The van der Waals surface area contributed by atoms with Crippen molar-refractivity contribution in [3.8, 4) is 0 Å². The number of aromatic nitrogens is 2. The van der Waals surface area contributed by atoms with Crippen LogP contribution in [0.15, 0.2) is 17.2 Å². The molecule has 0 unspecified atom stereocenters. The first-order valence-electron chi connectivity index (χ1n) is 3.95. The molecule has 1 aromatic heterocycles. The van der Waals surface area contributed by atoms with Crippen LogP contribution in [0.2, 0.25) is 0 Å². The van der Waals surface area contributed by atoms with E-state index < -0.39 is 9.84 Å². The molecule has 0 saturated carbocycles. The molecule has 0 spiro atoms.